The van der Waals surface area contributed by atoms with Crippen LogP contribution in [0.25, 0.3) is 0 Å². The molecule has 1 heterocycles. The Labute approximate surface area is 109 Å². The molecule has 1 aromatic rings. The molecule has 1 aliphatic carbocycles. The smallest absolute Gasteiger partial charge is 0.124 e. The predicted molar refractivity (Wildman–Crippen MR) is 72.9 cm³/mol. The third-order valence-electron chi connectivity index (χ3n) is 4.53. The van der Waals surface area contributed by atoms with Crippen LogP contribution in [0.5, 0.6) is 5.75 Å². The van der Waals surface area contributed by atoms with Gasteiger partial charge in [0.1, 0.15) is 12.4 Å². The van der Waals surface area contributed by atoms with Gasteiger partial charge in [-0.1, -0.05) is 24.6 Å². The van der Waals surface area contributed by atoms with E-state index in [4.69, 9.17) is 4.74 Å². The van der Waals surface area contributed by atoms with Gasteiger partial charge in [0.2, 0.25) is 0 Å². The molecule has 0 aromatic heterocycles. The van der Waals surface area contributed by atoms with Gasteiger partial charge in [0.05, 0.1) is 12.1 Å². The van der Waals surface area contributed by atoms with E-state index in [1.54, 1.807) is 0 Å². The number of ether oxygens (including phenoxy) is 1. The van der Waals surface area contributed by atoms with E-state index in [1.165, 1.54) is 24.8 Å². The number of likely N-dealkylation sites (N-methyl/N-ethyl adjacent to an activating group) is 2. The third-order valence-corrected chi connectivity index (χ3v) is 4.53. The van der Waals surface area contributed by atoms with E-state index < -0.39 is 0 Å². The van der Waals surface area contributed by atoms with Gasteiger partial charge in [-0.2, -0.15) is 0 Å². The Bertz CT molecular complexity index is 417. The monoisotopic (exact) mass is 246 g/mol. The number of rotatable bonds is 3. The summed E-state index contributed by atoms with van der Waals surface area (Å²) >= 11 is 0. The fourth-order valence-corrected chi connectivity index (χ4v) is 3.11. The van der Waals surface area contributed by atoms with Crippen molar-refractivity contribution in [3.05, 3.63) is 29.8 Å². The van der Waals surface area contributed by atoms with Crippen LogP contribution >= 0.6 is 0 Å². The zero-order chi connectivity index (χ0) is 12.5. The number of hydrogen-bond acceptors (Lipinski definition) is 3. The molecule has 3 rings (SSSR count). The van der Waals surface area contributed by atoms with E-state index in [-0.39, 0.29) is 0 Å². The summed E-state index contributed by atoms with van der Waals surface area (Å²) in [6.07, 6.45) is 4.06. The first-order chi connectivity index (χ1) is 8.81. The van der Waals surface area contributed by atoms with E-state index in [0.717, 1.165) is 18.4 Å². The number of para-hydroxylation sites is 1. The highest BCUT2D eigenvalue weighted by atomic mass is 16.5. The Morgan fingerprint density at radius 3 is 2.72 bits per heavy atom. The normalized spacial score (nSPS) is 27.5. The van der Waals surface area contributed by atoms with Crippen LogP contribution in [-0.4, -0.2) is 37.7 Å². The molecule has 98 valence electrons. The van der Waals surface area contributed by atoms with Crippen molar-refractivity contribution in [2.75, 3.05) is 20.7 Å². The molecule has 0 amide bonds. The summed E-state index contributed by atoms with van der Waals surface area (Å²) in [5.74, 6) is 1.04. The molecule has 1 aliphatic heterocycles. The van der Waals surface area contributed by atoms with Crippen molar-refractivity contribution >= 4 is 0 Å². The molecule has 2 atom stereocenters. The van der Waals surface area contributed by atoms with Crippen LogP contribution < -0.4 is 10.1 Å². The highest BCUT2D eigenvalue weighted by Crippen LogP contribution is 2.36. The Balaban J connectivity index is 1.84. The zero-order valence-corrected chi connectivity index (χ0v) is 11.2. The number of benzene rings is 1. The predicted octanol–water partition coefficient (Wildman–Crippen LogP) is 2.19. The molecule has 2 unspecified atom stereocenters. The third kappa shape index (κ3) is 1.91. The number of hydrogen-bond donors (Lipinski definition) is 1. The Morgan fingerprint density at radius 2 is 2.06 bits per heavy atom. The van der Waals surface area contributed by atoms with Gasteiger partial charge in [0.15, 0.2) is 0 Å². The summed E-state index contributed by atoms with van der Waals surface area (Å²) < 4.78 is 5.93. The van der Waals surface area contributed by atoms with Crippen molar-refractivity contribution in [1.29, 1.82) is 0 Å². The van der Waals surface area contributed by atoms with Gasteiger partial charge >= 0.3 is 0 Å². The molecular formula is C15H22N2O. The van der Waals surface area contributed by atoms with Gasteiger partial charge in [0, 0.05) is 11.6 Å². The molecule has 0 saturated heterocycles. The van der Waals surface area contributed by atoms with Crippen LogP contribution in [0.4, 0.5) is 0 Å². The minimum atomic E-state index is 0.376. The molecule has 0 bridgehead atoms. The van der Waals surface area contributed by atoms with E-state index in [9.17, 15) is 0 Å². The van der Waals surface area contributed by atoms with E-state index in [0.29, 0.717) is 12.1 Å². The lowest BCUT2D eigenvalue weighted by Crippen LogP contribution is -2.53. The standard InChI is InChI=1S/C15H22N2O/c1-16-15-12-8-3-4-9-14(12)18-10-13(15)17(2)11-6-5-7-11/h3-4,8-9,11,13,15-16H,5-7,10H2,1-2H3. The largest absolute Gasteiger partial charge is 0.492 e. The molecule has 1 aromatic carbocycles. The Morgan fingerprint density at radius 1 is 1.28 bits per heavy atom. The molecule has 3 nitrogen and oxygen atoms in total. The van der Waals surface area contributed by atoms with Crippen molar-refractivity contribution in [2.45, 2.75) is 37.4 Å². The molecule has 0 radical (unpaired) electrons. The second-order valence-corrected chi connectivity index (χ2v) is 5.43. The lowest BCUT2D eigenvalue weighted by Gasteiger charge is -2.45. The fourth-order valence-electron chi connectivity index (χ4n) is 3.11. The number of nitrogens with zero attached hydrogens (tertiary/aromatic N) is 1. The SMILES string of the molecule is CNC1c2ccccc2OCC1N(C)C1CCC1. The highest BCUT2D eigenvalue weighted by Gasteiger charge is 2.36. The van der Waals surface area contributed by atoms with Crippen LogP contribution in [0.3, 0.4) is 0 Å². The summed E-state index contributed by atoms with van der Waals surface area (Å²) in [6, 6.07) is 9.95. The quantitative estimate of drug-likeness (QED) is 0.885. The maximum Gasteiger partial charge on any atom is 0.124 e. The summed E-state index contributed by atoms with van der Waals surface area (Å²) in [7, 11) is 4.30. The van der Waals surface area contributed by atoms with Gasteiger partial charge in [-0.05, 0) is 33.0 Å². The Kier molecular flexibility index (Phi) is 3.27. The molecule has 1 N–H and O–H groups in total. The van der Waals surface area contributed by atoms with Crippen LogP contribution in [-0.2, 0) is 0 Å². The van der Waals surface area contributed by atoms with Gasteiger partial charge in [-0.3, -0.25) is 4.90 Å². The van der Waals surface area contributed by atoms with Gasteiger partial charge in [-0.25, -0.2) is 0 Å². The molecule has 3 heteroatoms. The van der Waals surface area contributed by atoms with Gasteiger partial charge in [-0.15, -0.1) is 0 Å². The first kappa shape index (κ1) is 12.0. The lowest BCUT2D eigenvalue weighted by atomic mass is 9.88. The minimum Gasteiger partial charge on any atom is -0.492 e. The van der Waals surface area contributed by atoms with Crippen molar-refractivity contribution in [3.8, 4) is 5.75 Å². The van der Waals surface area contributed by atoms with Crippen LogP contribution in [0.1, 0.15) is 30.9 Å². The fraction of sp³-hybridized carbons (Fsp3) is 0.600. The number of fused-ring (bicyclic) bond motifs is 1. The minimum absolute atomic E-state index is 0.376. The maximum absolute atomic E-state index is 5.93. The summed E-state index contributed by atoms with van der Waals surface area (Å²) in [5, 5.41) is 3.47. The summed E-state index contributed by atoms with van der Waals surface area (Å²) in [4.78, 5) is 2.51. The van der Waals surface area contributed by atoms with Crippen LogP contribution in [0.2, 0.25) is 0 Å². The maximum atomic E-state index is 5.93. The first-order valence-corrected chi connectivity index (χ1v) is 6.92. The molecule has 1 fully saturated rings. The molecule has 0 spiro atoms. The summed E-state index contributed by atoms with van der Waals surface area (Å²) in [5.41, 5.74) is 1.29. The second-order valence-electron chi connectivity index (χ2n) is 5.43. The zero-order valence-electron chi connectivity index (χ0n) is 11.2. The molecular weight excluding hydrogens is 224 g/mol. The van der Waals surface area contributed by atoms with Crippen molar-refractivity contribution < 1.29 is 4.74 Å². The first-order valence-electron chi connectivity index (χ1n) is 6.92. The lowest BCUT2D eigenvalue weighted by molar-refractivity contribution is 0.0459. The molecule has 1 saturated carbocycles. The summed E-state index contributed by atoms with van der Waals surface area (Å²) in [6.45, 7) is 0.787. The average molecular weight is 246 g/mol. The Hall–Kier alpha value is -1.06. The number of nitrogens with one attached hydrogen (secondary N) is 1. The van der Waals surface area contributed by atoms with E-state index >= 15 is 0 Å². The molecule has 18 heavy (non-hydrogen) atoms. The van der Waals surface area contributed by atoms with Crippen LogP contribution in [0, 0.1) is 0 Å². The van der Waals surface area contributed by atoms with E-state index in [1.807, 2.05) is 13.1 Å². The second kappa shape index (κ2) is 4.90. The van der Waals surface area contributed by atoms with Crippen molar-refractivity contribution in [1.82, 2.24) is 10.2 Å². The molecule has 2 aliphatic rings. The van der Waals surface area contributed by atoms with Gasteiger partial charge < -0.3 is 10.1 Å². The highest BCUT2D eigenvalue weighted by molar-refractivity contribution is 5.38. The van der Waals surface area contributed by atoms with Crippen molar-refractivity contribution in [3.63, 3.8) is 0 Å². The average Bonchev–Trinajstić information content (AvgIpc) is 2.35. The van der Waals surface area contributed by atoms with Crippen LogP contribution in [0.15, 0.2) is 24.3 Å². The van der Waals surface area contributed by atoms with Crippen molar-refractivity contribution in [2.24, 2.45) is 0 Å². The van der Waals surface area contributed by atoms with Gasteiger partial charge in [0.25, 0.3) is 0 Å². The van der Waals surface area contributed by atoms with E-state index in [2.05, 4.69) is 35.5 Å². The topological polar surface area (TPSA) is 24.5 Å².